The van der Waals surface area contributed by atoms with Crippen molar-refractivity contribution in [3.8, 4) is 0 Å². The summed E-state index contributed by atoms with van der Waals surface area (Å²) in [6.45, 7) is 4.39. The molecule has 1 N–H and O–H groups in total. The number of thioether (sulfide) groups is 1. The number of ether oxygens (including phenoxy) is 1. The first-order chi connectivity index (χ1) is 7.24. The molecular weight excluding hydrogens is 206 g/mol. The summed E-state index contributed by atoms with van der Waals surface area (Å²) in [7, 11) is 0. The Labute approximate surface area is 97.5 Å². The first-order valence-corrected chi connectivity index (χ1v) is 7.38. The van der Waals surface area contributed by atoms with Gasteiger partial charge >= 0.3 is 0 Å². The SMILES string of the molecule is CC1CC(NC2CCCSC2)CC(C)O1. The van der Waals surface area contributed by atoms with E-state index in [-0.39, 0.29) is 0 Å². The predicted molar refractivity (Wildman–Crippen MR) is 66.5 cm³/mol. The van der Waals surface area contributed by atoms with Gasteiger partial charge in [-0.2, -0.15) is 11.8 Å². The van der Waals surface area contributed by atoms with E-state index in [1.165, 1.54) is 37.2 Å². The molecule has 3 atom stereocenters. The van der Waals surface area contributed by atoms with E-state index in [2.05, 4.69) is 30.9 Å². The van der Waals surface area contributed by atoms with Crippen LogP contribution in [0.25, 0.3) is 0 Å². The molecule has 0 bridgehead atoms. The van der Waals surface area contributed by atoms with Crippen LogP contribution in [-0.2, 0) is 4.74 Å². The van der Waals surface area contributed by atoms with Crippen molar-refractivity contribution < 1.29 is 4.74 Å². The second kappa shape index (κ2) is 5.55. The van der Waals surface area contributed by atoms with Gasteiger partial charge in [-0.15, -0.1) is 0 Å². The number of hydrogen-bond acceptors (Lipinski definition) is 3. The monoisotopic (exact) mass is 229 g/mol. The van der Waals surface area contributed by atoms with Crippen molar-refractivity contribution in [2.24, 2.45) is 0 Å². The molecule has 3 heteroatoms. The van der Waals surface area contributed by atoms with Crippen LogP contribution in [0.5, 0.6) is 0 Å². The number of hydrogen-bond donors (Lipinski definition) is 1. The highest BCUT2D eigenvalue weighted by Crippen LogP contribution is 2.22. The van der Waals surface area contributed by atoms with Crippen molar-refractivity contribution in [3.05, 3.63) is 0 Å². The fraction of sp³-hybridized carbons (Fsp3) is 1.00. The fourth-order valence-corrected chi connectivity index (χ4v) is 3.83. The van der Waals surface area contributed by atoms with E-state index in [0.717, 1.165) is 6.04 Å². The Kier molecular flexibility index (Phi) is 4.35. The average molecular weight is 229 g/mol. The molecule has 2 aliphatic heterocycles. The van der Waals surface area contributed by atoms with Crippen LogP contribution >= 0.6 is 11.8 Å². The third-order valence-electron chi connectivity index (χ3n) is 3.33. The second-order valence-electron chi connectivity index (χ2n) is 5.01. The van der Waals surface area contributed by atoms with Gasteiger partial charge in [-0.3, -0.25) is 0 Å². The van der Waals surface area contributed by atoms with E-state index in [1.54, 1.807) is 0 Å². The molecule has 0 aromatic rings. The van der Waals surface area contributed by atoms with Gasteiger partial charge in [0.15, 0.2) is 0 Å². The summed E-state index contributed by atoms with van der Waals surface area (Å²) in [5.41, 5.74) is 0. The van der Waals surface area contributed by atoms with Gasteiger partial charge < -0.3 is 10.1 Å². The first-order valence-electron chi connectivity index (χ1n) is 6.23. The summed E-state index contributed by atoms with van der Waals surface area (Å²) in [6.07, 6.45) is 5.99. The molecule has 88 valence electrons. The molecular formula is C12H23NOS. The molecule has 3 unspecified atom stereocenters. The van der Waals surface area contributed by atoms with Gasteiger partial charge in [-0.05, 0) is 45.3 Å². The maximum Gasteiger partial charge on any atom is 0.0565 e. The van der Waals surface area contributed by atoms with Crippen molar-refractivity contribution in [2.75, 3.05) is 11.5 Å². The molecule has 2 rings (SSSR count). The van der Waals surface area contributed by atoms with Crippen LogP contribution < -0.4 is 5.32 Å². The topological polar surface area (TPSA) is 21.3 Å². The minimum Gasteiger partial charge on any atom is -0.375 e. The Bertz CT molecular complexity index is 184. The van der Waals surface area contributed by atoms with Crippen LogP contribution in [0.2, 0.25) is 0 Å². The molecule has 2 aliphatic rings. The Balaban J connectivity index is 1.77. The zero-order chi connectivity index (χ0) is 10.7. The van der Waals surface area contributed by atoms with Crippen molar-refractivity contribution in [1.82, 2.24) is 5.32 Å². The standard InChI is InChI=1S/C12H23NOS/c1-9-6-12(7-10(2)14-9)13-11-4-3-5-15-8-11/h9-13H,3-8H2,1-2H3. The van der Waals surface area contributed by atoms with E-state index in [0.29, 0.717) is 18.2 Å². The van der Waals surface area contributed by atoms with E-state index in [4.69, 9.17) is 4.74 Å². The van der Waals surface area contributed by atoms with Crippen molar-refractivity contribution in [1.29, 1.82) is 0 Å². The third-order valence-corrected chi connectivity index (χ3v) is 4.54. The highest BCUT2D eigenvalue weighted by Gasteiger charge is 2.26. The van der Waals surface area contributed by atoms with E-state index < -0.39 is 0 Å². The van der Waals surface area contributed by atoms with Crippen LogP contribution in [0, 0.1) is 0 Å². The van der Waals surface area contributed by atoms with Crippen LogP contribution in [0.3, 0.4) is 0 Å². The Morgan fingerprint density at radius 2 is 1.87 bits per heavy atom. The van der Waals surface area contributed by atoms with Gasteiger partial charge in [0.2, 0.25) is 0 Å². The van der Waals surface area contributed by atoms with Gasteiger partial charge in [0.1, 0.15) is 0 Å². The normalized spacial score (nSPS) is 42.8. The summed E-state index contributed by atoms with van der Waals surface area (Å²) in [5.74, 6) is 2.67. The predicted octanol–water partition coefficient (Wildman–Crippen LogP) is 2.43. The highest BCUT2D eigenvalue weighted by molar-refractivity contribution is 7.99. The molecule has 0 spiro atoms. The lowest BCUT2D eigenvalue weighted by Gasteiger charge is -2.36. The van der Waals surface area contributed by atoms with Crippen molar-refractivity contribution >= 4 is 11.8 Å². The highest BCUT2D eigenvalue weighted by atomic mass is 32.2. The van der Waals surface area contributed by atoms with Gasteiger partial charge in [0.25, 0.3) is 0 Å². The van der Waals surface area contributed by atoms with Crippen molar-refractivity contribution in [2.45, 2.75) is 63.8 Å². The van der Waals surface area contributed by atoms with Gasteiger partial charge in [0, 0.05) is 17.8 Å². The Hall–Kier alpha value is 0.270. The summed E-state index contributed by atoms with van der Waals surface area (Å²) >= 11 is 2.10. The lowest BCUT2D eigenvalue weighted by molar-refractivity contribution is -0.0433. The van der Waals surface area contributed by atoms with Crippen LogP contribution in [0.15, 0.2) is 0 Å². The van der Waals surface area contributed by atoms with Crippen LogP contribution in [-0.4, -0.2) is 35.8 Å². The molecule has 2 saturated heterocycles. The zero-order valence-corrected chi connectivity index (χ0v) is 10.7. The molecule has 0 aromatic heterocycles. The molecule has 15 heavy (non-hydrogen) atoms. The molecule has 0 amide bonds. The maximum absolute atomic E-state index is 5.76. The molecule has 2 nitrogen and oxygen atoms in total. The minimum atomic E-state index is 0.433. The molecule has 2 fully saturated rings. The lowest BCUT2D eigenvalue weighted by Crippen LogP contribution is -2.47. The molecule has 2 heterocycles. The van der Waals surface area contributed by atoms with Crippen molar-refractivity contribution in [3.63, 3.8) is 0 Å². The number of rotatable bonds is 2. The first kappa shape index (κ1) is 11.7. The molecule has 0 radical (unpaired) electrons. The van der Waals surface area contributed by atoms with Crippen LogP contribution in [0.4, 0.5) is 0 Å². The van der Waals surface area contributed by atoms with Crippen LogP contribution in [0.1, 0.15) is 39.5 Å². The maximum atomic E-state index is 5.76. The minimum absolute atomic E-state index is 0.433. The van der Waals surface area contributed by atoms with Gasteiger partial charge in [0.05, 0.1) is 12.2 Å². The fourth-order valence-electron chi connectivity index (χ4n) is 2.75. The molecule has 0 saturated carbocycles. The Morgan fingerprint density at radius 3 is 2.47 bits per heavy atom. The summed E-state index contributed by atoms with van der Waals surface area (Å²) in [6, 6.07) is 1.44. The third kappa shape index (κ3) is 3.65. The molecule has 0 aromatic carbocycles. The van der Waals surface area contributed by atoms with E-state index in [9.17, 15) is 0 Å². The average Bonchev–Trinajstić information content (AvgIpc) is 2.17. The van der Waals surface area contributed by atoms with Gasteiger partial charge in [-0.1, -0.05) is 0 Å². The van der Waals surface area contributed by atoms with Gasteiger partial charge in [-0.25, -0.2) is 0 Å². The summed E-state index contributed by atoms with van der Waals surface area (Å²) in [5, 5.41) is 3.82. The lowest BCUT2D eigenvalue weighted by atomic mass is 9.98. The zero-order valence-electron chi connectivity index (χ0n) is 9.87. The largest absolute Gasteiger partial charge is 0.375 e. The Morgan fingerprint density at radius 1 is 1.13 bits per heavy atom. The quantitative estimate of drug-likeness (QED) is 0.786. The summed E-state index contributed by atoms with van der Waals surface area (Å²) in [4.78, 5) is 0. The second-order valence-corrected chi connectivity index (χ2v) is 6.16. The van der Waals surface area contributed by atoms with E-state index in [1.807, 2.05) is 0 Å². The smallest absolute Gasteiger partial charge is 0.0565 e. The van der Waals surface area contributed by atoms with E-state index >= 15 is 0 Å². The molecule has 0 aliphatic carbocycles. The summed E-state index contributed by atoms with van der Waals surface area (Å²) < 4.78 is 5.76. The number of nitrogens with one attached hydrogen (secondary N) is 1.